The maximum absolute atomic E-state index is 9.65. The SMILES string of the molecule is NCc1ccc(-n2cncn2)c(O)c1. The summed E-state index contributed by atoms with van der Waals surface area (Å²) in [6.07, 6.45) is 2.94. The minimum absolute atomic E-state index is 0.151. The van der Waals surface area contributed by atoms with Crippen LogP contribution in [0.1, 0.15) is 5.56 Å². The Morgan fingerprint density at radius 2 is 2.29 bits per heavy atom. The molecule has 0 spiro atoms. The summed E-state index contributed by atoms with van der Waals surface area (Å²) in [6.45, 7) is 0.408. The lowest BCUT2D eigenvalue weighted by molar-refractivity contribution is 0.469. The van der Waals surface area contributed by atoms with E-state index in [0.29, 0.717) is 12.2 Å². The van der Waals surface area contributed by atoms with Crippen LogP contribution in [0.4, 0.5) is 0 Å². The molecule has 0 bridgehead atoms. The molecule has 0 radical (unpaired) electrons. The Kier molecular flexibility index (Phi) is 2.16. The van der Waals surface area contributed by atoms with Crippen LogP contribution in [-0.2, 0) is 6.54 Å². The summed E-state index contributed by atoms with van der Waals surface area (Å²) in [5.41, 5.74) is 6.92. The number of hydrogen-bond acceptors (Lipinski definition) is 4. The lowest BCUT2D eigenvalue weighted by Gasteiger charge is -2.05. The smallest absolute Gasteiger partial charge is 0.141 e. The molecule has 1 heterocycles. The second-order valence-corrected chi connectivity index (χ2v) is 2.87. The number of hydrogen-bond donors (Lipinski definition) is 2. The van der Waals surface area contributed by atoms with Gasteiger partial charge in [-0.3, -0.25) is 0 Å². The van der Waals surface area contributed by atoms with Gasteiger partial charge in [0.05, 0.1) is 0 Å². The third-order valence-corrected chi connectivity index (χ3v) is 1.94. The van der Waals surface area contributed by atoms with E-state index in [9.17, 15) is 5.11 Å². The normalized spacial score (nSPS) is 10.4. The predicted molar refractivity (Wildman–Crippen MR) is 50.9 cm³/mol. The molecule has 0 amide bonds. The van der Waals surface area contributed by atoms with Crippen molar-refractivity contribution in [1.82, 2.24) is 14.8 Å². The second-order valence-electron chi connectivity index (χ2n) is 2.87. The average Bonchev–Trinajstić information content (AvgIpc) is 2.70. The van der Waals surface area contributed by atoms with Crippen LogP contribution in [0.15, 0.2) is 30.9 Å². The Morgan fingerprint density at radius 1 is 1.43 bits per heavy atom. The molecule has 3 N–H and O–H groups in total. The molecule has 1 aromatic carbocycles. The van der Waals surface area contributed by atoms with Crippen LogP contribution in [0.2, 0.25) is 0 Å². The summed E-state index contributed by atoms with van der Waals surface area (Å²) in [4.78, 5) is 3.80. The highest BCUT2D eigenvalue weighted by molar-refractivity contribution is 5.46. The summed E-state index contributed by atoms with van der Waals surface area (Å²) in [6, 6.07) is 5.22. The molecular weight excluding hydrogens is 180 g/mol. The van der Waals surface area contributed by atoms with Crippen molar-refractivity contribution >= 4 is 0 Å². The Labute approximate surface area is 80.8 Å². The lowest BCUT2D eigenvalue weighted by Crippen LogP contribution is -1.99. The number of rotatable bonds is 2. The second kappa shape index (κ2) is 3.47. The number of phenolic OH excluding ortho intramolecular Hbond substituents is 1. The van der Waals surface area contributed by atoms with E-state index in [1.807, 2.05) is 6.07 Å². The van der Waals surface area contributed by atoms with E-state index in [2.05, 4.69) is 10.1 Å². The number of nitrogens with zero attached hydrogens (tertiary/aromatic N) is 3. The molecule has 14 heavy (non-hydrogen) atoms. The minimum atomic E-state index is 0.151. The van der Waals surface area contributed by atoms with Crippen LogP contribution in [0.3, 0.4) is 0 Å². The number of phenols is 1. The summed E-state index contributed by atoms with van der Waals surface area (Å²) in [7, 11) is 0. The third-order valence-electron chi connectivity index (χ3n) is 1.94. The van der Waals surface area contributed by atoms with E-state index in [1.54, 1.807) is 12.1 Å². The van der Waals surface area contributed by atoms with Crippen molar-refractivity contribution in [3.05, 3.63) is 36.4 Å². The average molecular weight is 190 g/mol. The fraction of sp³-hybridized carbons (Fsp3) is 0.111. The van der Waals surface area contributed by atoms with Crippen LogP contribution >= 0.6 is 0 Å². The van der Waals surface area contributed by atoms with Crippen LogP contribution in [-0.4, -0.2) is 19.9 Å². The fourth-order valence-electron chi connectivity index (χ4n) is 1.22. The number of nitrogens with two attached hydrogens (primary N) is 1. The Hall–Kier alpha value is -1.88. The van der Waals surface area contributed by atoms with Crippen molar-refractivity contribution in [3.63, 3.8) is 0 Å². The highest BCUT2D eigenvalue weighted by Gasteiger charge is 2.04. The summed E-state index contributed by atoms with van der Waals surface area (Å²) < 4.78 is 1.50. The molecule has 2 rings (SSSR count). The van der Waals surface area contributed by atoms with Gasteiger partial charge < -0.3 is 10.8 Å². The molecule has 0 aliphatic rings. The molecule has 0 fully saturated rings. The van der Waals surface area contributed by atoms with Gasteiger partial charge in [0.2, 0.25) is 0 Å². The molecule has 0 aliphatic heterocycles. The molecule has 0 aliphatic carbocycles. The maximum atomic E-state index is 9.65. The maximum Gasteiger partial charge on any atom is 0.141 e. The van der Waals surface area contributed by atoms with Crippen molar-refractivity contribution < 1.29 is 5.11 Å². The number of benzene rings is 1. The Morgan fingerprint density at radius 3 is 2.86 bits per heavy atom. The molecular formula is C9H10N4O. The van der Waals surface area contributed by atoms with Crippen molar-refractivity contribution in [2.45, 2.75) is 6.54 Å². The number of aromatic nitrogens is 3. The quantitative estimate of drug-likeness (QED) is 0.720. The summed E-state index contributed by atoms with van der Waals surface area (Å²) in [5, 5.41) is 13.6. The highest BCUT2D eigenvalue weighted by Crippen LogP contribution is 2.21. The zero-order chi connectivity index (χ0) is 9.97. The minimum Gasteiger partial charge on any atom is -0.506 e. The van der Waals surface area contributed by atoms with Crippen molar-refractivity contribution in [2.24, 2.45) is 5.73 Å². The van der Waals surface area contributed by atoms with Crippen LogP contribution in [0.5, 0.6) is 5.75 Å². The first kappa shape index (κ1) is 8.71. The van der Waals surface area contributed by atoms with Gasteiger partial charge in [0.25, 0.3) is 0 Å². The van der Waals surface area contributed by atoms with E-state index < -0.39 is 0 Å². The van der Waals surface area contributed by atoms with Gasteiger partial charge in [-0.2, -0.15) is 5.10 Å². The zero-order valence-corrected chi connectivity index (χ0v) is 7.46. The first-order valence-corrected chi connectivity index (χ1v) is 4.18. The van der Waals surface area contributed by atoms with Crippen LogP contribution in [0, 0.1) is 0 Å². The van der Waals surface area contributed by atoms with Gasteiger partial charge in [0, 0.05) is 6.54 Å². The van der Waals surface area contributed by atoms with Crippen LogP contribution in [0.25, 0.3) is 5.69 Å². The van der Waals surface area contributed by atoms with Gasteiger partial charge in [0.15, 0.2) is 0 Å². The Balaban J connectivity index is 2.46. The molecule has 0 saturated heterocycles. The largest absolute Gasteiger partial charge is 0.506 e. The first-order valence-electron chi connectivity index (χ1n) is 4.18. The Bertz CT molecular complexity index is 424. The van der Waals surface area contributed by atoms with Gasteiger partial charge in [-0.05, 0) is 17.7 Å². The standard InChI is InChI=1S/C9H10N4O/c10-4-7-1-2-8(9(14)3-7)13-6-11-5-12-13/h1-3,5-6,14H,4,10H2. The molecule has 0 atom stereocenters. The molecule has 0 unspecified atom stereocenters. The van der Waals surface area contributed by atoms with Crippen molar-refractivity contribution in [2.75, 3.05) is 0 Å². The third kappa shape index (κ3) is 1.45. The van der Waals surface area contributed by atoms with E-state index in [-0.39, 0.29) is 5.75 Å². The summed E-state index contributed by atoms with van der Waals surface area (Å²) >= 11 is 0. The topological polar surface area (TPSA) is 77.0 Å². The van der Waals surface area contributed by atoms with Gasteiger partial charge in [-0.25, -0.2) is 9.67 Å². The van der Waals surface area contributed by atoms with E-state index in [0.717, 1.165) is 5.56 Å². The van der Waals surface area contributed by atoms with E-state index in [1.165, 1.54) is 17.3 Å². The monoisotopic (exact) mass is 190 g/mol. The summed E-state index contributed by atoms with van der Waals surface area (Å²) in [5.74, 6) is 0.151. The molecule has 5 heteroatoms. The highest BCUT2D eigenvalue weighted by atomic mass is 16.3. The molecule has 72 valence electrons. The lowest BCUT2D eigenvalue weighted by atomic mass is 10.2. The van der Waals surface area contributed by atoms with Gasteiger partial charge in [-0.15, -0.1) is 0 Å². The molecule has 5 nitrogen and oxygen atoms in total. The predicted octanol–water partition coefficient (Wildman–Crippen LogP) is 0.432. The van der Waals surface area contributed by atoms with Crippen LogP contribution < -0.4 is 5.73 Å². The van der Waals surface area contributed by atoms with Crippen molar-refractivity contribution in [1.29, 1.82) is 0 Å². The van der Waals surface area contributed by atoms with Gasteiger partial charge in [0.1, 0.15) is 24.1 Å². The molecule has 2 aromatic rings. The van der Waals surface area contributed by atoms with Gasteiger partial charge >= 0.3 is 0 Å². The zero-order valence-electron chi connectivity index (χ0n) is 7.46. The molecule has 0 saturated carbocycles. The first-order chi connectivity index (χ1) is 6.81. The van der Waals surface area contributed by atoms with E-state index in [4.69, 9.17) is 5.73 Å². The fourth-order valence-corrected chi connectivity index (χ4v) is 1.22. The van der Waals surface area contributed by atoms with Gasteiger partial charge in [-0.1, -0.05) is 6.07 Å². The van der Waals surface area contributed by atoms with Crippen molar-refractivity contribution in [3.8, 4) is 11.4 Å². The molecule has 1 aromatic heterocycles. The van der Waals surface area contributed by atoms with E-state index >= 15 is 0 Å². The number of aromatic hydroxyl groups is 1.